The molecule has 3 nitrogen and oxygen atoms in total. The molecule has 1 aromatic rings. The Labute approximate surface area is 78.9 Å². The monoisotopic (exact) mass is 183 g/mol. The Morgan fingerprint density at radius 2 is 2.46 bits per heavy atom. The summed E-state index contributed by atoms with van der Waals surface area (Å²) in [6, 6.07) is 2.00. The molecule has 74 valence electrons. The predicted molar refractivity (Wildman–Crippen MR) is 51.5 cm³/mol. The summed E-state index contributed by atoms with van der Waals surface area (Å²) in [5, 5.41) is 0. The van der Waals surface area contributed by atoms with Crippen molar-refractivity contribution in [1.82, 2.24) is 0 Å². The maximum absolute atomic E-state index is 5.84. The predicted octanol–water partition coefficient (Wildman–Crippen LogP) is 1.58. The maximum Gasteiger partial charge on any atom is 0.0935 e. The highest BCUT2D eigenvalue weighted by Gasteiger charge is 2.04. The van der Waals surface area contributed by atoms with Crippen LogP contribution >= 0.6 is 0 Å². The van der Waals surface area contributed by atoms with Gasteiger partial charge in [0, 0.05) is 12.6 Å². The summed E-state index contributed by atoms with van der Waals surface area (Å²) in [4.78, 5) is 0. The van der Waals surface area contributed by atoms with E-state index < -0.39 is 0 Å². The number of nitrogens with two attached hydrogens (primary N) is 1. The third-order valence-corrected chi connectivity index (χ3v) is 1.76. The zero-order chi connectivity index (χ0) is 9.52. The summed E-state index contributed by atoms with van der Waals surface area (Å²) in [6.07, 6.45) is 5.24. The molecule has 0 aliphatic heterocycles. The molecule has 0 saturated heterocycles. The summed E-state index contributed by atoms with van der Waals surface area (Å²) in [5.41, 5.74) is 6.97. The van der Waals surface area contributed by atoms with Crippen LogP contribution in [0.4, 0.5) is 0 Å². The molecule has 0 aromatic carbocycles. The van der Waals surface area contributed by atoms with Gasteiger partial charge in [0.25, 0.3) is 0 Å². The lowest BCUT2D eigenvalue weighted by Crippen LogP contribution is -2.28. The van der Waals surface area contributed by atoms with Crippen molar-refractivity contribution in [3.63, 3.8) is 0 Å². The minimum atomic E-state index is 0.0733. The second-order valence-electron chi connectivity index (χ2n) is 3.17. The van der Waals surface area contributed by atoms with Gasteiger partial charge in [-0.3, -0.25) is 0 Å². The number of hydrogen-bond acceptors (Lipinski definition) is 3. The molecule has 0 aliphatic carbocycles. The molecular weight excluding hydrogens is 166 g/mol. The summed E-state index contributed by atoms with van der Waals surface area (Å²) in [7, 11) is 0. The van der Waals surface area contributed by atoms with Gasteiger partial charge in [-0.2, -0.15) is 0 Å². The van der Waals surface area contributed by atoms with Gasteiger partial charge in [-0.05, 0) is 24.5 Å². The first-order valence-corrected chi connectivity index (χ1v) is 4.67. The van der Waals surface area contributed by atoms with Crippen molar-refractivity contribution in [3.05, 3.63) is 24.2 Å². The van der Waals surface area contributed by atoms with E-state index in [0.717, 1.165) is 25.0 Å². The average molecular weight is 183 g/mol. The Kier molecular flexibility index (Phi) is 4.57. The highest BCUT2D eigenvalue weighted by molar-refractivity contribution is 5.06. The fourth-order valence-corrected chi connectivity index (χ4v) is 1.15. The second-order valence-corrected chi connectivity index (χ2v) is 3.17. The number of hydrogen-bond donors (Lipinski definition) is 1. The van der Waals surface area contributed by atoms with E-state index in [2.05, 4.69) is 6.92 Å². The number of furan rings is 1. The minimum Gasteiger partial charge on any atom is -0.472 e. The normalized spacial score (nSPS) is 13.1. The molecule has 1 rings (SSSR count). The van der Waals surface area contributed by atoms with E-state index in [1.807, 2.05) is 6.07 Å². The molecule has 1 atom stereocenters. The van der Waals surface area contributed by atoms with Gasteiger partial charge in [-0.1, -0.05) is 6.92 Å². The van der Waals surface area contributed by atoms with E-state index in [1.54, 1.807) is 12.5 Å². The van der Waals surface area contributed by atoms with Crippen molar-refractivity contribution >= 4 is 0 Å². The summed E-state index contributed by atoms with van der Waals surface area (Å²) < 4.78 is 10.3. The molecule has 0 aliphatic rings. The van der Waals surface area contributed by atoms with Gasteiger partial charge in [-0.15, -0.1) is 0 Å². The average Bonchev–Trinajstić information content (AvgIpc) is 2.57. The van der Waals surface area contributed by atoms with Crippen molar-refractivity contribution < 1.29 is 9.15 Å². The molecule has 3 heteroatoms. The van der Waals surface area contributed by atoms with Crippen LogP contribution < -0.4 is 5.73 Å². The van der Waals surface area contributed by atoms with E-state index in [0.29, 0.717) is 6.61 Å². The lowest BCUT2D eigenvalue weighted by atomic mass is 10.1. The highest BCUT2D eigenvalue weighted by atomic mass is 16.5. The van der Waals surface area contributed by atoms with Crippen LogP contribution in [0.1, 0.15) is 18.9 Å². The van der Waals surface area contributed by atoms with Gasteiger partial charge in [0.2, 0.25) is 0 Å². The first kappa shape index (κ1) is 10.3. The van der Waals surface area contributed by atoms with Crippen molar-refractivity contribution in [2.24, 2.45) is 5.73 Å². The molecule has 1 heterocycles. The third-order valence-electron chi connectivity index (χ3n) is 1.76. The van der Waals surface area contributed by atoms with Crippen LogP contribution in [-0.4, -0.2) is 19.3 Å². The molecule has 0 saturated carbocycles. The Morgan fingerprint density at radius 1 is 1.62 bits per heavy atom. The standard InChI is InChI=1S/C10H17NO2/c1-2-4-12-8-10(11)6-9-3-5-13-7-9/h3,5,7,10H,2,4,6,8,11H2,1H3. The Hall–Kier alpha value is -0.800. The lowest BCUT2D eigenvalue weighted by Gasteiger charge is -2.09. The van der Waals surface area contributed by atoms with Crippen LogP contribution in [-0.2, 0) is 11.2 Å². The quantitative estimate of drug-likeness (QED) is 0.681. The van der Waals surface area contributed by atoms with E-state index >= 15 is 0 Å². The molecule has 0 bridgehead atoms. The van der Waals surface area contributed by atoms with Gasteiger partial charge in [0.1, 0.15) is 0 Å². The van der Waals surface area contributed by atoms with E-state index in [9.17, 15) is 0 Å². The number of ether oxygens (including phenoxy) is 1. The zero-order valence-corrected chi connectivity index (χ0v) is 8.03. The van der Waals surface area contributed by atoms with Crippen molar-refractivity contribution in [2.45, 2.75) is 25.8 Å². The van der Waals surface area contributed by atoms with Crippen LogP contribution in [0.15, 0.2) is 23.0 Å². The van der Waals surface area contributed by atoms with E-state index in [1.165, 1.54) is 0 Å². The van der Waals surface area contributed by atoms with Gasteiger partial charge >= 0.3 is 0 Å². The molecule has 0 spiro atoms. The fourth-order valence-electron chi connectivity index (χ4n) is 1.15. The zero-order valence-electron chi connectivity index (χ0n) is 8.03. The van der Waals surface area contributed by atoms with Crippen LogP contribution in [0.2, 0.25) is 0 Å². The maximum atomic E-state index is 5.84. The summed E-state index contributed by atoms with van der Waals surface area (Å²) >= 11 is 0. The van der Waals surface area contributed by atoms with Gasteiger partial charge < -0.3 is 14.9 Å². The first-order chi connectivity index (χ1) is 6.33. The van der Waals surface area contributed by atoms with Gasteiger partial charge in [0.15, 0.2) is 0 Å². The van der Waals surface area contributed by atoms with E-state index in [-0.39, 0.29) is 6.04 Å². The highest BCUT2D eigenvalue weighted by Crippen LogP contribution is 2.03. The van der Waals surface area contributed by atoms with Crippen LogP contribution in [0.5, 0.6) is 0 Å². The molecule has 0 radical (unpaired) electrons. The molecule has 0 fully saturated rings. The molecule has 1 aromatic heterocycles. The van der Waals surface area contributed by atoms with Crippen LogP contribution in [0.3, 0.4) is 0 Å². The topological polar surface area (TPSA) is 48.4 Å². The Balaban J connectivity index is 2.14. The van der Waals surface area contributed by atoms with Gasteiger partial charge in [-0.25, -0.2) is 0 Å². The van der Waals surface area contributed by atoms with Gasteiger partial charge in [0.05, 0.1) is 19.1 Å². The van der Waals surface area contributed by atoms with Crippen LogP contribution in [0.25, 0.3) is 0 Å². The summed E-state index contributed by atoms with van der Waals surface area (Å²) in [6.45, 7) is 3.50. The summed E-state index contributed by atoms with van der Waals surface area (Å²) in [5.74, 6) is 0. The molecule has 0 amide bonds. The Morgan fingerprint density at radius 3 is 3.08 bits per heavy atom. The third kappa shape index (κ3) is 4.10. The van der Waals surface area contributed by atoms with E-state index in [4.69, 9.17) is 14.9 Å². The fraction of sp³-hybridized carbons (Fsp3) is 0.600. The largest absolute Gasteiger partial charge is 0.472 e. The van der Waals surface area contributed by atoms with Crippen molar-refractivity contribution in [2.75, 3.05) is 13.2 Å². The number of rotatable bonds is 6. The van der Waals surface area contributed by atoms with Crippen molar-refractivity contribution in [3.8, 4) is 0 Å². The Bertz CT molecular complexity index is 209. The van der Waals surface area contributed by atoms with Crippen molar-refractivity contribution in [1.29, 1.82) is 0 Å². The van der Waals surface area contributed by atoms with Crippen LogP contribution in [0, 0.1) is 0 Å². The molecule has 13 heavy (non-hydrogen) atoms. The minimum absolute atomic E-state index is 0.0733. The first-order valence-electron chi connectivity index (χ1n) is 4.67. The molecule has 1 unspecified atom stereocenters. The molecular formula is C10H17NO2. The lowest BCUT2D eigenvalue weighted by molar-refractivity contribution is 0.121. The SMILES string of the molecule is CCCOCC(N)Cc1ccoc1. The smallest absolute Gasteiger partial charge is 0.0935 e. The molecule has 2 N–H and O–H groups in total. The second kappa shape index (κ2) is 5.78.